The molecule has 0 saturated heterocycles. The highest BCUT2D eigenvalue weighted by Gasteiger charge is 2.11. The van der Waals surface area contributed by atoms with Gasteiger partial charge in [0, 0.05) is 10.8 Å². The van der Waals surface area contributed by atoms with Crippen molar-refractivity contribution in [3.8, 4) is 0 Å². The largest absolute Gasteiger partial charge is 0.464 e. The van der Waals surface area contributed by atoms with Gasteiger partial charge in [-0.2, -0.15) is 0 Å². The lowest BCUT2D eigenvalue weighted by Gasteiger charge is -2.07. The number of hydrogen-bond acceptors (Lipinski definition) is 5. The van der Waals surface area contributed by atoms with E-state index < -0.39 is 5.97 Å². The van der Waals surface area contributed by atoms with E-state index in [0.717, 1.165) is 5.56 Å². The lowest BCUT2D eigenvalue weighted by atomic mass is 10.2. The van der Waals surface area contributed by atoms with Crippen molar-refractivity contribution >= 4 is 35.0 Å². The van der Waals surface area contributed by atoms with Crippen molar-refractivity contribution in [2.75, 3.05) is 12.8 Å². The summed E-state index contributed by atoms with van der Waals surface area (Å²) in [6.07, 6.45) is 0. The molecular weight excluding hydrogens is 296 g/mol. The Kier molecular flexibility index (Phi) is 4.87. The predicted molar refractivity (Wildman–Crippen MR) is 81.0 cm³/mol. The van der Waals surface area contributed by atoms with Crippen LogP contribution < -0.4 is 5.73 Å². The maximum atomic E-state index is 11.4. The summed E-state index contributed by atoms with van der Waals surface area (Å²) in [7, 11) is 1.32. The van der Waals surface area contributed by atoms with E-state index in [9.17, 15) is 4.79 Å². The van der Waals surface area contributed by atoms with Gasteiger partial charge >= 0.3 is 5.97 Å². The molecule has 0 bridgehead atoms. The molecule has 0 radical (unpaired) electrons. The summed E-state index contributed by atoms with van der Waals surface area (Å²) in [5.74, 6) is 0.145. The van der Waals surface area contributed by atoms with Gasteiger partial charge in [-0.1, -0.05) is 41.6 Å². The van der Waals surface area contributed by atoms with Crippen LogP contribution in [0.25, 0.3) is 0 Å². The second-order valence-corrected chi connectivity index (χ2v) is 5.33. The first-order valence-corrected chi connectivity index (χ1v) is 7.19. The summed E-state index contributed by atoms with van der Waals surface area (Å²) in [4.78, 5) is 15.7. The summed E-state index contributed by atoms with van der Waals surface area (Å²) < 4.78 is 4.64. The molecule has 0 unspecified atom stereocenters. The van der Waals surface area contributed by atoms with Gasteiger partial charge in [-0.05, 0) is 23.8 Å². The van der Waals surface area contributed by atoms with Crippen molar-refractivity contribution in [2.24, 2.45) is 0 Å². The molecule has 1 heterocycles. The summed E-state index contributed by atoms with van der Waals surface area (Å²) >= 11 is 7.52. The van der Waals surface area contributed by atoms with E-state index in [-0.39, 0.29) is 5.69 Å². The normalized spacial score (nSPS) is 10.3. The van der Waals surface area contributed by atoms with Gasteiger partial charge in [0.1, 0.15) is 10.7 Å². The van der Waals surface area contributed by atoms with Gasteiger partial charge in [-0.3, -0.25) is 0 Å². The zero-order valence-corrected chi connectivity index (χ0v) is 12.4. The van der Waals surface area contributed by atoms with E-state index in [0.29, 0.717) is 21.5 Å². The number of anilines is 1. The molecule has 0 atom stereocenters. The third kappa shape index (κ3) is 3.43. The third-order valence-electron chi connectivity index (χ3n) is 2.61. The van der Waals surface area contributed by atoms with Gasteiger partial charge < -0.3 is 10.5 Å². The first-order chi connectivity index (χ1) is 9.61. The van der Waals surface area contributed by atoms with Crippen molar-refractivity contribution in [1.82, 2.24) is 4.98 Å². The second kappa shape index (κ2) is 6.63. The minimum absolute atomic E-state index is 0.239. The Morgan fingerprint density at radius 3 is 2.80 bits per heavy atom. The second-order valence-electron chi connectivity index (χ2n) is 3.96. The van der Waals surface area contributed by atoms with Gasteiger partial charge in [0.05, 0.1) is 12.8 Å². The number of aromatic nitrogens is 1. The Bertz CT molecular complexity index is 634. The number of hydrogen-bond donors (Lipinski definition) is 1. The molecule has 20 heavy (non-hydrogen) atoms. The number of carbonyl (C=O) groups is 1. The van der Waals surface area contributed by atoms with Crippen molar-refractivity contribution in [3.05, 3.63) is 52.7 Å². The summed E-state index contributed by atoms with van der Waals surface area (Å²) in [5, 5.41) is 1.29. The van der Waals surface area contributed by atoms with Gasteiger partial charge in [0.15, 0.2) is 0 Å². The number of nitrogen functional groups attached to an aromatic ring is 1. The molecule has 1 aromatic carbocycles. The van der Waals surface area contributed by atoms with Crippen molar-refractivity contribution in [1.29, 1.82) is 0 Å². The zero-order chi connectivity index (χ0) is 14.5. The Labute approximate surface area is 126 Å². The lowest BCUT2D eigenvalue weighted by Crippen LogP contribution is -2.06. The van der Waals surface area contributed by atoms with Crippen molar-refractivity contribution in [2.45, 2.75) is 10.8 Å². The van der Waals surface area contributed by atoms with Crippen LogP contribution in [-0.2, 0) is 10.5 Å². The van der Waals surface area contributed by atoms with E-state index in [1.807, 2.05) is 24.3 Å². The highest BCUT2D eigenvalue weighted by molar-refractivity contribution is 7.98. The van der Waals surface area contributed by atoms with Crippen molar-refractivity contribution < 1.29 is 9.53 Å². The van der Waals surface area contributed by atoms with E-state index in [2.05, 4.69) is 9.72 Å². The maximum Gasteiger partial charge on any atom is 0.356 e. The monoisotopic (exact) mass is 308 g/mol. The Morgan fingerprint density at radius 2 is 2.10 bits per heavy atom. The molecule has 4 nitrogen and oxygen atoms in total. The fourth-order valence-corrected chi connectivity index (χ4v) is 2.77. The number of carbonyl (C=O) groups excluding carboxylic acids is 1. The lowest BCUT2D eigenvalue weighted by molar-refractivity contribution is 0.0593. The molecule has 0 aliphatic carbocycles. The average Bonchev–Trinajstić information content (AvgIpc) is 2.47. The highest BCUT2D eigenvalue weighted by atomic mass is 35.5. The first kappa shape index (κ1) is 14.7. The van der Waals surface area contributed by atoms with Crippen LogP contribution in [0.3, 0.4) is 0 Å². The number of thioether (sulfide) groups is 1. The molecule has 0 spiro atoms. The number of methoxy groups -OCH3 is 1. The van der Waals surface area contributed by atoms with Crippen LogP contribution in [0.1, 0.15) is 16.1 Å². The maximum absolute atomic E-state index is 11.4. The summed E-state index contributed by atoms with van der Waals surface area (Å²) in [6, 6.07) is 10.8. The Balaban J connectivity index is 2.17. The fraction of sp³-hybridized carbons (Fsp3) is 0.143. The predicted octanol–water partition coefficient (Wildman–Crippen LogP) is 3.40. The Hall–Kier alpha value is -1.72. The van der Waals surface area contributed by atoms with E-state index in [4.69, 9.17) is 17.3 Å². The number of rotatable bonds is 4. The van der Waals surface area contributed by atoms with Crippen LogP contribution in [-0.4, -0.2) is 18.1 Å². The average molecular weight is 309 g/mol. The number of ether oxygens (including phenoxy) is 1. The quantitative estimate of drug-likeness (QED) is 0.692. The summed E-state index contributed by atoms with van der Waals surface area (Å²) in [5.41, 5.74) is 7.62. The summed E-state index contributed by atoms with van der Waals surface area (Å²) in [6.45, 7) is 0. The Morgan fingerprint density at radius 1 is 1.35 bits per heavy atom. The molecule has 0 aliphatic rings. The molecule has 1 aromatic heterocycles. The topological polar surface area (TPSA) is 65.2 Å². The molecule has 0 fully saturated rings. The van der Waals surface area contributed by atoms with Crippen LogP contribution in [0.5, 0.6) is 0 Å². The minimum atomic E-state index is -0.482. The molecule has 2 rings (SSSR count). The zero-order valence-electron chi connectivity index (χ0n) is 10.8. The highest BCUT2D eigenvalue weighted by Crippen LogP contribution is 2.29. The number of benzene rings is 1. The molecule has 0 aliphatic heterocycles. The smallest absolute Gasteiger partial charge is 0.356 e. The molecule has 104 valence electrons. The minimum Gasteiger partial charge on any atom is -0.464 e. The molecule has 0 amide bonds. The van der Waals surface area contributed by atoms with Crippen LogP contribution in [0.4, 0.5) is 5.69 Å². The van der Waals surface area contributed by atoms with Gasteiger partial charge in [-0.15, -0.1) is 0 Å². The van der Waals surface area contributed by atoms with Crippen LogP contribution >= 0.6 is 23.4 Å². The number of nitrogens with zero attached hydrogens (tertiary/aromatic N) is 1. The molecule has 2 aromatic rings. The van der Waals surface area contributed by atoms with E-state index in [1.54, 1.807) is 12.1 Å². The molecule has 6 heteroatoms. The third-order valence-corrected chi connectivity index (χ3v) is 4.03. The standard InChI is InChI=1S/C14H13ClN2O2S/c1-19-14(18)12-7-6-11(16)13(17-12)20-8-9-4-2-3-5-10(9)15/h2-7H,8,16H2,1H3. The molecule has 2 N–H and O–H groups in total. The molecule has 0 saturated carbocycles. The first-order valence-electron chi connectivity index (χ1n) is 5.83. The molecular formula is C14H13ClN2O2S. The number of esters is 1. The van der Waals surface area contributed by atoms with E-state index >= 15 is 0 Å². The van der Waals surface area contributed by atoms with Crippen LogP contribution in [0.15, 0.2) is 41.4 Å². The van der Waals surface area contributed by atoms with E-state index in [1.165, 1.54) is 18.9 Å². The van der Waals surface area contributed by atoms with Crippen molar-refractivity contribution in [3.63, 3.8) is 0 Å². The van der Waals surface area contributed by atoms with Crippen LogP contribution in [0.2, 0.25) is 5.02 Å². The number of nitrogens with two attached hydrogens (primary N) is 1. The number of pyridine rings is 1. The fourth-order valence-electron chi connectivity index (χ4n) is 1.55. The SMILES string of the molecule is COC(=O)c1ccc(N)c(SCc2ccccc2Cl)n1. The number of halogens is 1. The van der Waals surface area contributed by atoms with Gasteiger partial charge in [0.2, 0.25) is 0 Å². The van der Waals surface area contributed by atoms with Gasteiger partial charge in [-0.25, -0.2) is 9.78 Å². The van der Waals surface area contributed by atoms with Gasteiger partial charge in [0.25, 0.3) is 0 Å². The van der Waals surface area contributed by atoms with Crippen LogP contribution in [0, 0.1) is 0 Å².